The van der Waals surface area contributed by atoms with Crippen LogP contribution in [0.4, 0.5) is 5.69 Å². The Balaban J connectivity index is 2.09. The Morgan fingerprint density at radius 2 is 1.75 bits per heavy atom. The van der Waals surface area contributed by atoms with Crippen LogP contribution in [0, 0.1) is 0 Å². The van der Waals surface area contributed by atoms with Gasteiger partial charge in [0, 0.05) is 11.4 Å². The van der Waals surface area contributed by atoms with Crippen molar-refractivity contribution in [2.45, 2.75) is 13.8 Å². The van der Waals surface area contributed by atoms with Crippen molar-refractivity contribution >= 4 is 23.6 Å². The van der Waals surface area contributed by atoms with Gasteiger partial charge >= 0.3 is 5.97 Å². The van der Waals surface area contributed by atoms with E-state index in [-0.39, 0.29) is 29.4 Å². The molecule has 1 aliphatic heterocycles. The van der Waals surface area contributed by atoms with Crippen LogP contribution < -0.4 is 9.64 Å². The zero-order chi connectivity index (χ0) is 20.3. The molecule has 2 aromatic carbocycles. The van der Waals surface area contributed by atoms with Crippen LogP contribution in [0.2, 0.25) is 0 Å². The van der Waals surface area contributed by atoms with Crippen LogP contribution in [0.3, 0.4) is 0 Å². The van der Waals surface area contributed by atoms with Gasteiger partial charge in [-0.05, 0) is 61.9 Å². The second-order valence-electron chi connectivity index (χ2n) is 6.17. The topological polar surface area (TPSA) is 76.1 Å². The number of esters is 1. The van der Waals surface area contributed by atoms with E-state index in [1.54, 1.807) is 63.4 Å². The quantitative estimate of drug-likeness (QED) is 0.634. The predicted molar refractivity (Wildman–Crippen MR) is 106 cm³/mol. The van der Waals surface area contributed by atoms with Crippen molar-refractivity contribution in [2.75, 3.05) is 18.6 Å². The van der Waals surface area contributed by atoms with E-state index in [0.717, 1.165) is 0 Å². The molecule has 0 aromatic heterocycles. The molecule has 6 nitrogen and oxygen atoms in total. The van der Waals surface area contributed by atoms with Crippen LogP contribution in [0.25, 0.3) is 6.08 Å². The normalized spacial score (nSPS) is 15.3. The molecule has 0 radical (unpaired) electrons. The molecule has 144 valence electrons. The van der Waals surface area contributed by atoms with Gasteiger partial charge in [0.1, 0.15) is 11.5 Å². The van der Waals surface area contributed by atoms with E-state index in [1.807, 2.05) is 0 Å². The van der Waals surface area contributed by atoms with E-state index in [0.29, 0.717) is 22.7 Å². The summed E-state index contributed by atoms with van der Waals surface area (Å²) in [6, 6.07) is 13.4. The standard InChI is InChI=1S/C22H21NO5/c1-4-28-22(26)20-14(2)23(16-7-11-18(27-3)12-8-16)21(25)19(20)13-15-5-9-17(24)10-6-15/h5-13,24H,4H2,1-3H3/b19-13+. The molecule has 0 unspecified atom stereocenters. The summed E-state index contributed by atoms with van der Waals surface area (Å²) < 4.78 is 10.3. The fourth-order valence-electron chi connectivity index (χ4n) is 3.06. The second kappa shape index (κ2) is 8.00. The maximum Gasteiger partial charge on any atom is 0.340 e. The summed E-state index contributed by atoms with van der Waals surface area (Å²) in [5.41, 5.74) is 2.29. The summed E-state index contributed by atoms with van der Waals surface area (Å²) in [7, 11) is 1.57. The van der Waals surface area contributed by atoms with Crippen molar-refractivity contribution in [3.63, 3.8) is 0 Å². The first-order valence-corrected chi connectivity index (χ1v) is 8.84. The van der Waals surface area contributed by atoms with E-state index in [4.69, 9.17) is 9.47 Å². The van der Waals surface area contributed by atoms with Crippen molar-refractivity contribution in [1.29, 1.82) is 0 Å². The Morgan fingerprint density at radius 3 is 2.32 bits per heavy atom. The Morgan fingerprint density at radius 1 is 1.11 bits per heavy atom. The maximum absolute atomic E-state index is 13.2. The number of nitrogens with zero attached hydrogens (tertiary/aromatic N) is 1. The predicted octanol–water partition coefficient (Wildman–Crippen LogP) is 3.67. The van der Waals surface area contributed by atoms with Gasteiger partial charge < -0.3 is 14.6 Å². The lowest BCUT2D eigenvalue weighted by atomic mass is 10.0. The number of rotatable bonds is 5. The van der Waals surface area contributed by atoms with Gasteiger partial charge in [0.15, 0.2) is 0 Å². The van der Waals surface area contributed by atoms with E-state index < -0.39 is 5.97 Å². The van der Waals surface area contributed by atoms with Gasteiger partial charge in [-0.1, -0.05) is 12.1 Å². The number of hydrogen-bond donors (Lipinski definition) is 1. The number of anilines is 1. The molecule has 28 heavy (non-hydrogen) atoms. The van der Waals surface area contributed by atoms with Crippen LogP contribution in [0.15, 0.2) is 65.4 Å². The molecular formula is C22H21NO5. The minimum atomic E-state index is -0.547. The molecule has 0 bridgehead atoms. The first-order chi connectivity index (χ1) is 13.5. The van der Waals surface area contributed by atoms with Gasteiger partial charge in [0.25, 0.3) is 5.91 Å². The van der Waals surface area contributed by atoms with Crippen LogP contribution in [0.5, 0.6) is 11.5 Å². The molecule has 6 heteroatoms. The van der Waals surface area contributed by atoms with Crippen molar-refractivity contribution in [1.82, 2.24) is 0 Å². The number of hydrogen-bond acceptors (Lipinski definition) is 5. The molecule has 3 rings (SSSR count). The number of aromatic hydroxyl groups is 1. The molecule has 0 spiro atoms. The van der Waals surface area contributed by atoms with Crippen LogP contribution >= 0.6 is 0 Å². The lowest BCUT2D eigenvalue weighted by Gasteiger charge is -2.18. The summed E-state index contributed by atoms with van der Waals surface area (Å²) in [5.74, 6) is -0.0761. The summed E-state index contributed by atoms with van der Waals surface area (Å²) in [4.78, 5) is 27.2. The fourth-order valence-corrected chi connectivity index (χ4v) is 3.06. The Hall–Kier alpha value is -3.54. The monoisotopic (exact) mass is 379 g/mol. The molecule has 0 saturated carbocycles. The summed E-state index contributed by atoms with van der Waals surface area (Å²) in [6.45, 7) is 3.64. The summed E-state index contributed by atoms with van der Waals surface area (Å²) in [5, 5.41) is 9.47. The first kappa shape index (κ1) is 19.2. The van der Waals surface area contributed by atoms with Gasteiger partial charge in [-0.15, -0.1) is 0 Å². The minimum Gasteiger partial charge on any atom is -0.508 e. The molecule has 0 aliphatic carbocycles. The van der Waals surface area contributed by atoms with Gasteiger partial charge in [-0.25, -0.2) is 4.79 Å². The molecule has 2 aromatic rings. The Labute approximate surface area is 163 Å². The third-order valence-corrected chi connectivity index (χ3v) is 4.41. The molecule has 0 atom stereocenters. The third-order valence-electron chi connectivity index (χ3n) is 4.41. The number of carbonyl (C=O) groups is 2. The zero-order valence-electron chi connectivity index (χ0n) is 15.9. The number of methoxy groups -OCH3 is 1. The molecule has 1 N–H and O–H groups in total. The Kier molecular flexibility index (Phi) is 5.49. The number of amides is 1. The zero-order valence-corrected chi connectivity index (χ0v) is 15.9. The lowest BCUT2D eigenvalue weighted by Crippen LogP contribution is -2.24. The highest BCUT2D eigenvalue weighted by molar-refractivity contribution is 6.23. The van der Waals surface area contributed by atoms with E-state index in [2.05, 4.69) is 0 Å². The molecule has 0 saturated heterocycles. The number of carbonyl (C=O) groups excluding carboxylic acids is 2. The second-order valence-corrected chi connectivity index (χ2v) is 6.17. The average molecular weight is 379 g/mol. The van der Waals surface area contributed by atoms with Crippen molar-refractivity contribution < 1.29 is 24.2 Å². The number of benzene rings is 2. The van der Waals surface area contributed by atoms with Crippen molar-refractivity contribution in [2.24, 2.45) is 0 Å². The number of allylic oxidation sites excluding steroid dienone is 1. The van der Waals surface area contributed by atoms with Crippen molar-refractivity contribution in [3.8, 4) is 11.5 Å². The number of phenolic OH excluding ortho intramolecular Hbond substituents is 1. The average Bonchev–Trinajstić information content (AvgIpc) is 2.93. The molecule has 0 fully saturated rings. The summed E-state index contributed by atoms with van der Waals surface area (Å²) in [6.07, 6.45) is 1.63. The third kappa shape index (κ3) is 3.62. The van der Waals surface area contributed by atoms with Crippen molar-refractivity contribution in [3.05, 3.63) is 70.9 Å². The highest BCUT2D eigenvalue weighted by Crippen LogP contribution is 2.36. The van der Waals surface area contributed by atoms with Crippen LogP contribution in [0.1, 0.15) is 19.4 Å². The van der Waals surface area contributed by atoms with Crippen LogP contribution in [-0.2, 0) is 14.3 Å². The Bertz CT molecular complexity index is 955. The highest BCUT2D eigenvalue weighted by atomic mass is 16.5. The van der Waals surface area contributed by atoms with E-state index >= 15 is 0 Å². The van der Waals surface area contributed by atoms with Gasteiger partial charge in [-0.2, -0.15) is 0 Å². The van der Waals surface area contributed by atoms with Gasteiger partial charge in [-0.3, -0.25) is 9.69 Å². The highest BCUT2D eigenvalue weighted by Gasteiger charge is 2.38. The SMILES string of the molecule is CCOC(=O)C1=C(C)N(c2ccc(OC)cc2)C(=O)/C1=C/c1ccc(O)cc1. The maximum atomic E-state index is 13.2. The summed E-state index contributed by atoms with van der Waals surface area (Å²) >= 11 is 0. The lowest BCUT2D eigenvalue weighted by molar-refractivity contribution is -0.138. The van der Waals surface area contributed by atoms with E-state index in [9.17, 15) is 14.7 Å². The number of ether oxygens (including phenoxy) is 2. The van der Waals surface area contributed by atoms with E-state index in [1.165, 1.54) is 17.0 Å². The van der Waals surface area contributed by atoms with Crippen LogP contribution in [-0.4, -0.2) is 30.7 Å². The van der Waals surface area contributed by atoms with Gasteiger partial charge in [0.2, 0.25) is 0 Å². The van der Waals surface area contributed by atoms with Gasteiger partial charge in [0.05, 0.1) is 24.9 Å². The minimum absolute atomic E-state index is 0.122. The largest absolute Gasteiger partial charge is 0.508 e. The molecule has 1 aliphatic rings. The molecular weight excluding hydrogens is 358 g/mol. The molecule has 1 amide bonds. The first-order valence-electron chi connectivity index (χ1n) is 8.84. The number of phenols is 1. The fraction of sp³-hybridized carbons (Fsp3) is 0.182. The smallest absolute Gasteiger partial charge is 0.340 e. The molecule has 1 heterocycles.